The summed E-state index contributed by atoms with van der Waals surface area (Å²) < 4.78 is 21.5. The fourth-order valence-corrected chi connectivity index (χ4v) is 6.55. The molecule has 48 heavy (non-hydrogen) atoms. The Morgan fingerprint density at radius 1 is 0.521 bits per heavy atom. The summed E-state index contributed by atoms with van der Waals surface area (Å²) in [4.78, 5) is 0. The first-order chi connectivity index (χ1) is 23.6. The standard InChI is InChI=1S/C43H46N2O2S/c1-5-8-9-31(7-3)29-47-39-24-20-35(21-25-39)33-12-16-37(17-13-33)41-27-26-40(42-43(41)45-48-44-42)36-14-10-32(11-15-36)34-18-22-38(23-19-34)46-28-30(4)6-2/h10-27,30-31H,5-9,28-29H2,1-4H3. The van der Waals surface area contributed by atoms with E-state index in [1.807, 2.05) is 0 Å². The highest BCUT2D eigenvalue weighted by atomic mass is 32.1. The van der Waals surface area contributed by atoms with Crippen LogP contribution in [0.3, 0.4) is 0 Å². The van der Waals surface area contributed by atoms with E-state index >= 15 is 0 Å². The smallest absolute Gasteiger partial charge is 0.119 e. The molecule has 0 fully saturated rings. The van der Waals surface area contributed by atoms with Gasteiger partial charge in [0.25, 0.3) is 0 Å². The summed E-state index contributed by atoms with van der Waals surface area (Å²) in [7, 11) is 0. The third-order valence-corrected chi connectivity index (χ3v) is 9.97. The average Bonchev–Trinajstić information content (AvgIpc) is 3.65. The third kappa shape index (κ3) is 7.96. The highest BCUT2D eigenvalue weighted by molar-refractivity contribution is 7.00. The van der Waals surface area contributed by atoms with Gasteiger partial charge in [-0.2, -0.15) is 8.75 Å². The van der Waals surface area contributed by atoms with Gasteiger partial charge in [0.2, 0.25) is 0 Å². The van der Waals surface area contributed by atoms with Gasteiger partial charge >= 0.3 is 0 Å². The minimum absolute atomic E-state index is 0.555. The number of unbranched alkanes of at least 4 members (excludes halogenated alkanes) is 1. The van der Waals surface area contributed by atoms with E-state index in [-0.39, 0.29) is 0 Å². The van der Waals surface area contributed by atoms with Crippen molar-refractivity contribution in [2.75, 3.05) is 13.2 Å². The molecule has 0 radical (unpaired) electrons. The third-order valence-electron chi connectivity index (χ3n) is 9.44. The second-order valence-corrected chi connectivity index (χ2v) is 13.4. The molecule has 0 saturated carbocycles. The summed E-state index contributed by atoms with van der Waals surface area (Å²) in [6, 6.07) is 38.7. The molecule has 6 aromatic rings. The molecular weight excluding hydrogens is 609 g/mol. The number of hydrogen-bond acceptors (Lipinski definition) is 5. The van der Waals surface area contributed by atoms with Crippen LogP contribution >= 0.6 is 11.7 Å². The maximum atomic E-state index is 6.13. The van der Waals surface area contributed by atoms with Crippen LogP contribution in [-0.4, -0.2) is 22.0 Å². The molecule has 6 rings (SSSR count). The number of hydrogen-bond donors (Lipinski definition) is 0. The van der Waals surface area contributed by atoms with Crippen LogP contribution in [0.5, 0.6) is 11.5 Å². The lowest BCUT2D eigenvalue weighted by atomic mass is 9.95. The molecule has 4 nitrogen and oxygen atoms in total. The minimum atomic E-state index is 0.555. The molecule has 5 aromatic carbocycles. The first kappa shape index (κ1) is 33.4. The van der Waals surface area contributed by atoms with Crippen LogP contribution in [0.25, 0.3) is 55.5 Å². The quantitative estimate of drug-likeness (QED) is 0.111. The van der Waals surface area contributed by atoms with Gasteiger partial charge in [-0.15, -0.1) is 0 Å². The number of aromatic nitrogens is 2. The second-order valence-electron chi connectivity index (χ2n) is 12.9. The lowest BCUT2D eigenvalue weighted by molar-refractivity contribution is 0.233. The number of benzene rings is 5. The van der Waals surface area contributed by atoms with Crippen LogP contribution in [0.1, 0.15) is 59.8 Å². The monoisotopic (exact) mass is 654 g/mol. The van der Waals surface area contributed by atoms with E-state index in [0.29, 0.717) is 11.8 Å². The summed E-state index contributed by atoms with van der Waals surface area (Å²) in [5.74, 6) is 3.04. The van der Waals surface area contributed by atoms with Gasteiger partial charge in [-0.3, -0.25) is 0 Å². The van der Waals surface area contributed by atoms with Crippen LogP contribution in [-0.2, 0) is 0 Å². The summed E-state index contributed by atoms with van der Waals surface area (Å²) in [6.07, 6.45) is 6.03. The number of ether oxygens (including phenoxy) is 2. The molecule has 0 N–H and O–H groups in total. The first-order valence-electron chi connectivity index (χ1n) is 17.5. The zero-order valence-corrected chi connectivity index (χ0v) is 29.4. The van der Waals surface area contributed by atoms with Crippen LogP contribution in [0.15, 0.2) is 109 Å². The van der Waals surface area contributed by atoms with E-state index in [4.69, 9.17) is 18.2 Å². The van der Waals surface area contributed by atoms with E-state index in [2.05, 4.69) is 137 Å². The maximum absolute atomic E-state index is 6.13. The fraction of sp³-hybridized carbons (Fsp3) is 0.302. The molecule has 0 amide bonds. The Hall–Kier alpha value is -4.48. The fourth-order valence-electron chi connectivity index (χ4n) is 5.97. The topological polar surface area (TPSA) is 44.2 Å². The van der Waals surface area contributed by atoms with Gasteiger partial charge in [-0.05, 0) is 75.9 Å². The van der Waals surface area contributed by atoms with Crippen molar-refractivity contribution < 1.29 is 9.47 Å². The predicted molar refractivity (Wildman–Crippen MR) is 203 cm³/mol. The summed E-state index contributed by atoms with van der Waals surface area (Å²) in [5, 5.41) is 0. The average molecular weight is 655 g/mol. The molecule has 5 heteroatoms. The van der Waals surface area contributed by atoms with Crippen molar-refractivity contribution in [1.29, 1.82) is 0 Å². The normalized spacial score (nSPS) is 12.6. The molecule has 246 valence electrons. The zero-order chi connectivity index (χ0) is 33.3. The van der Waals surface area contributed by atoms with Gasteiger partial charge < -0.3 is 9.47 Å². The summed E-state index contributed by atoms with van der Waals surface area (Å²) in [5.41, 5.74) is 11.0. The largest absolute Gasteiger partial charge is 0.493 e. The van der Waals surface area contributed by atoms with E-state index in [0.717, 1.165) is 70.8 Å². The molecular formula is C43H46N2O2S. The van der Waals surface area contributed by atoms with Gasteiger partial charge in [0, 0.05) is 11.1 Å². The second kappa shape index (κ2) is 16.1. The number of nitrogens with zero attached hydrogens (tertiary/aromatic N) is 2. The number of rotatable bonds is 15. The van der Waals surface area contributed by atoms with Crippen LogP contribution in [0.2, 0.25) is 0 Å². The number of fused-ring (bicyclic) bond motifs is 1. The van der Waals surface area contributed by atoms with Gasteiger partial charge in [0.05, 0.1) is 24.9 Å². The maximum Gasteiger partial charge on any atom is 0.119 e. The SMILES string of the molecule is CCCCC(CC)COc1ccc(-c2ccc(-c3ccc(-c4ccc(-c5ccc(OCC(C)CC)cc5)cc4)c4nsnc34)cc2)cc1. The van der Waals surface area contributed by atoms with Crippen molar-refractivity contribution in [2.24, 2.45) is 11.8 Å². The van der Waals surface area contributed by atoms with Crippen LogP contribution < -0.4 is 9.47 Å². The Morgan fingerprint density at radius 3 is 1.35 bits per heavy atom. The highest BCUT2D eigenvalue weighted by Crippen LogP contribution is 2.36. The van der Waals surface area contributed by atoms with Crippen LogP contribution in [0.4, 0.5) is 0 Å². The Balaban J connectivity index is 1.14. The van der Waals surface area contributed by atoms with E-state index in [9.17, 15) is 0 Å². The Labute approximate surface area is 290 Å². The van der Waals surface area contributed by atoms with Crippen molar-refractivity contribution in [3.05, 3.63) is 109 Å². The van der Waals surface area contributed by atoms with Crippen molar-refractivity contribution in [3.63, 3.8) is 0 Å². The molecule has 0 aliphatic rings. The summed E-state index contributed by atoms with van der Waals surface area (Å²) >= 11 is 1.27. The van der Waals surface area contributed by atoms with Crippen LogP contribution in [0, 0.1) is 11.8 Å². The van der Waals surface area contributed by atoms with Gasteiger partial charge in [-0.1, -0.05) is 138 Å². The predicted octanol–water partition coefficient (Wildman–Crippen LogP) is 12.4. The molecule has 2 unspecified atom stereocenters. The molecule has 0 bridgehead atoms. The molecule has 0 aliphatic carbocycles. The molecule has 1 aromatic heterocycles. The van der Waals surface area contributed by atoms with E-state index < -0.39 is 0 Å². The van der Waals surface area contributed by atoms with Gasteiger partial charge in [0.15, 0.2) is 0 Å². The highest BCUT2D eigenvalue weighted by Gasteiger charge is 2.14. The van der Waals surface area contributed by atoms with Crippen molar-refractivity contribution in [2.45, 2.75) is 59.8 Å². The molecule has 0 aliphatic heterocycles. The molecule has 0 saturated heterocycles. The molecule has 1 heterocycles. The van der Waals surface area contributed by atoms with Gasteiger partial charge in [-0.25, -0.2) is 0 Å². The van der Waals surface area contributed by atoms with Crippen molar-refractivity contribution in [1.82, 2.24) is 8.75 Å². The Bertz CT molecular complexity index is 1880. The van der Waals surface area contributed by atoms with E-state index in [1.165, 1.54) is 53.2 Å². The Morgan fingerprint density at radius 2 is 0.938 bits per heavy atom. The molecule has 2 atom stereocenters. The lowest BCUT2D eigenvalue weighted by Gasteiger charge is -2.15. The first-order valence-corrected chi connectivity index (χ1v) is 18.2. The lowest BCUT2D eigenvalue weighted by Crippen LogP contribution is -2.11. The Kier molecular flexibility index (Phi) is 11.2. The van der Waals surface area contributed by atoms with Gasteiger partial charge in [0.1, 0.15) is 22.5 Å². The minimum Gasteiger partial charge on any atom is -0.493 e. The molecule has 0 spiro atoms. The van der Waals surface area contributed by atoms with E-state index in [1.54, 1.807) is 0 Å². The van der Waals surface area contributed by atoms with Crippen molar-refractivity contribution >= 4 is 22.8 Å². The zero-order valence-electron chi connectivity index (χ0n) is 28.6. The summed E-state index contributed by atoms with van der Waals surface area (Å²) in [6.45, 7) is 10.4. The van der Waals surface area contributed by atoms with Crippen molar-refractivity contribution in [3.8, 4) is 56.0 Å².